The first-order valence-corrected chi connectivity index (χ1v) is 17.6. The quantitative estimate of drug-likeness (QED) is 0.181. The predicted molar refractivity (Wildman–Crippen MR) is 173 cm³/mol. The highest BCUT2D eigenvalue weighted by atomic mass is 32.2. The minimum atomic E-state index is -4.19. The van der Waals surface area contributed by atoms with Crippen LogP contribution in [0.25, 0.3) is 0 Å². The van der Waals surface area contributed by atoms with Crippen LogP contribution in [0, 0.1) is 12.8 Å². The van der Waals surface area contributed by atoms with Crippen molar-refractivity contribution in [1.82, 2.24) is 9.55 Å². The lowest BCUT2D eigenvalue weighted by molar-refractivity contribution is -0.168. The third kappa shape index (κ3) is 7.19. The Morgan fingerprint density at radius 2 is 1.80 bits per heavy atom. The number of phenolic OH excluding ortho intramolecular Hbond substituents is 1. The van der Waals surface area contributed by atoms with Gasteiger partial charge < -0.3 is 23.7 Å². The van der Waals surface area contributed by atoms with Gasteiger partial charge in [-0.2, -0.15) is 8.42 Å². The summed E-state index contributed by atoms with van der Waals surface area (Å²) < 4.78 is 39.3. The molecule has 1 saturated carbocycles. The summed E-state index contributed by atoms with van der Waals surface area (Å²) in [6, 6.07) is 10.5. The van der Waals surface area contributed by atoms with Gasteiger partial charge in [-0.1, -0.05) is 63.9 Å². The summed E-state index contributed by atoms with van der Waals surface area (Å²) in [6.45, 7) is 7.71. The second-order valence-corrected chi connectivity index (χ2v) is 15.7. The van der Waals surface area contributed by atoms with Crippen molar-refractivity contribution in [3.8, 4) is 11.5 Å². The Balaban J connectivity index is 1.45. The van der Waals surface area contributed by atoms with Crippen LogP contribution in [0.1, 0.15) is 82.4 Å². The summed E-state index contributed by atoms with van der Waals surface area (Å²) >= 11 is 1.14. The van der Waals surface area contributed by atoms with E-state index in [1.54, 1.807) is 38.2 Å². The highest BCUT2D eigenvalue weighted by Crippen LogP contribution is 2.49. The highest BCUT2D eigenvalue weighted by Gasteiger charge is 2.48. The van der Waals surface area contributed by atoms with Gasteiger partial charge >= 0.3 is 16.1 Å². The fraction of sp³-hybridized carbons (Fsp3) is 0.471. The molecule has 2 N–H and O–H groups in total. The van der Waals surface area contributed by atoms with E-state index >= 15 is 0 Å². The van der Waals surface area contributed by atoms with E-state index in [9.17, 15) is 23.4 Å². The van der Waals surface area contributed by atoms with Gasteiger partial charge in [-0.05, 0) is 84.9 Å². The molecule has 0 saturated heterocycles. The van der Waals surface area contributed by atoms with Gasteiger partial charge in [0, 0.05) is 30.8 Å². The van der Waals surface area contributed by atoms with E-state index < -0.39 is 27.1 Å². The monoisotopic (exact) mass is 654 g/mol. The normalized spacial score (nSPS) is 19.9. The molecule has 1 fully saturated rings. The third-order valence-corrected chi connectivity index (χ3v) is 11.2. The number of benzene rings is 2. The Hall–Kier alpha value is -3.44. The lowest BCUT2D eigenvalue weighted by Crippen LogP contribution is -2.47. The van der Waals surface area contributed by atoms with Crippen LogP contribution in [0.2, 0.25) is 0 Å². The van der Waals surface area contributed by atoms with Crippen molar-refractivity contribution < 1.29 is 32.3 Å². The van der Waals surface area contributed by atoms with Crippen LogP contribution in [0.4, 0.5) is 0 Å². The van der Waals surface area contributed by atoms with Crippen molar-refractivity contribution in [2.24, 2.45) is 13.0 Å². The van der Waals surface area contributed by atoms with Crippen LogP contribution < -0.4 is 4.18 Å². The van der Waals surface area contributed by atoms with Gasteiger partial charge in [-0.25, -0.2) is 9.78 Å². The fourth-order valence-corrected chi connectivity index (χ4v) is 8.69. The van der Waals surface area contributed by atoms with E-state index in [1.165, 1.54) is 17.0 Å². The zero-order valence-electron chi connectivity index (χ0n) is 26.5. The van der Waals surface area contributed by atoms with Gasteiger partial charge in [0.25, 0.3) is 5.16 Å². The maximum Gasteiger partial charge on any atom is 0.373 e. The number of aliphatic hydroxyl groups excluding tert-OH is 1. The molecule has 0 amide bonds. The number of hydrogen-bond acceptors (Lipinski definition) is 9. The number of carbonyl (C=O) groups excluding carboxylic acids is 1. The first-order chi connectivity index (χ1) is 21.2. The lowest BCUT2D eigenvalue weighted by atomic mass is 9.71. The molecule has 1 aliphatic heterocycles. The number of imidazole rings is 1. The first kappa shape index (κ1) is 32.9. The maximum absolute atomic E-state index is 13.8. The van der Waals surface area contributed by atoms with Gasteiger partial charge in [0.1, 0.15) is 27.8 Å². The minimum absolute atomic E-state index is 0.0164. The summed E-state index contributed by atoms with van der Waals surface area (Å²) in [5.74, 6) is -0.0167. The first-order valence-electron chi connectivity index (χ1n) is 15.4. The Morgan fingerprint density at radius 3 is 2.40 bits per heavy atom. The smallest absolute Gasteiger partial charge is 0.373 e. The summed E-state index contributed by atoms with van der Waals surface area (Å²) in [7, 11) is -2.61. The van der Waals surface area contributed by atoms with Crippen molar-refractivity contribution in [3.63, 3.8) is 0 Å². The number of ether oxygens (including phenoxy) is 1. The van der Waals surface area contributed by atoms with Gasteiger partial charge in [-0.3, -0.25) is 0 Å². The summed E-state index contributed by atoms with van der Waals surface area (Å²) in [5, 5.41) is 21.0. The minimum Gasteiger partial charge on any atom is -0.511 e. The molecule has 0 bridgehead atoms. The molecule has 0 spiro atoms. The van der Waals surface area contributed by atoms with E-state index in [-0.39, 0.29) is 39.7 Å². The Bertz CT molecular complexity index is 1700. The predicted octanol–water partition coefficient (Wildman–Crippen LogP) is 7.26. The second kappa shape index (κ2) is 12.7. The van der Waals surface area contributed by atoms with Crippen LogP contribution in [0.5, 0.6) is 11.5 Å². The molecule has 5 rings (SSSR count). The fourth-order valence-electron chi connectivity index (χ4n) is 6.35. The molecule has 1 unspecified atom stereocenters. The zero-order valence-corrected chi connectivity index (χ0v) is 28.1. The largest absolute Gasteiger partial charge is 0.511 e. The number of hydrogen-bond donors (Lipinski definition) is 2. The molecule has 1 aromatic heterocycles. The molecule has 2 heterocycles. The van der Waals surface area contributed by atoms with E-state index in [4.69, 9.17) is 8.92 Å². The number of thioether (sulfide) groups is 1. The molecule has 9 nitrogen and oxygen atoms in total. The molecule has 11 heteroatoms. The van der Waals surface area contributed by atoms with Crippen LogP contribution in [0.15, 0.2) is 69.5 Å². The number of aromatic hydroxyl groups is 1. The van der Waals surface area contributed by atoms with Crippen molar-refractivity contribution >= 4 is 27.8 Å². The molecule has 1 atom stereocenters. The van der Waals surface area contributed by atoms with Gasteiger partial charge in [0.05, 0.1) is 0 Å². The molecule has 2 aliphatic rings. The Labute approximate surface area is 269 Å². The number of cyclic esters (lactones) is 1. The average Bonchev–Trinajstić information content (AvgIpc) is 3.42. The lowest BCUT2D eigenvalue weighted by Gasteiger charge is -2.44. The highest BCUT2D eigenvalue weighted by molar-refractivity contribution is 8.04. The second-order valence-electron chi connectivity index (χ2n) is 13.2. The van der Waals surface area contributed by atoms with Crippen LogP contribution in [-0.2, 0) is 38.5 Å². The molecule has 3 aromatic rings. The van der Waals surface area contributed by atoms with Crippen LogP contribution >= 0.6 is 11.8 Å². The standard InChI is InChI=1S/C34H42N2O7S2/c1-22-19-29(26(33(2,3)4)20-28(22)43-45(40,41)32-35-17-18-36(32)5)44-30-27(38)21-34(42-31(30)39,24-9-7-6-8-10-24)16-15-23-11-13-25(37)14-12-23/h11-14,17-20,24,37-38H,6-10,15-16,21H2,1-5H3. The van der Waals surface area contributed by atoms with E-state index in [2.05, 4.69) is 4.98 Å². The number of aromatic nitrogens is 2. The van der Waals surface area contributed by atoms with E-state index in [1.807, 2.05) is 32.9 Å². The topological polar surface area (TPSA) is 128 Å². The van der Waals surface area contributed by atoms with Gasteiger partial charge in [0.15, 0.2) is 0 Å². The van der Waals surface area contributed by atoms with E-state index in [0.717, 1.165) is 55.0 Å². The maximum atomic E-state index is 13.8. The number of aliphatic hydroxyl groups is 1. The number of esters is 1. The summed E-state index contributed by atoms with van der Waals surface area (Å²) in [4.78, 5) is 18.6. The average molecular weight is 655 g/mol. The third-order valence-electron chi connectivity index (χ3n) is 8.83. The van der Waals surface area contributed by atoms with Crippen molar-refractivity contribution in [3.05, 3.63) is 76.1 Å². The Kier molecular flexibility index (Phi) is 9.33. The van der Waals surface area contributed by atoms with Crippen LogP contribution in [-0.4, -0.2) is 39.8 Å². The molecule has 0 radical (unpaired) electrons. The SMILES string of the molecule is Cc1cc(SC2=C(O)CC(CCc3ccc(O)cc3)(C3CCCCC3)OC2=O)c(C(C)(C)C)cc1OS(=O)(=O)c1nccn1C. The summed E-state index contributed by atoms with van der Waals surface area (Å²) in [5.41, 5.74) is 1.07. The molecular formula is C34H42N2O7S2. The zero-order chi connectivity index (χ0) is 32.6. The van der Waals surface area contributed by atoms with Crippen molar-refractivity contribution in [2.75, 3.05) is 0 Å². The number of rotatable bonds is 9. The number of carbonyl (C=O) groups is 1. The molecular weight excluding hydrogens is 613 g/mol. The molecule has 1 aliphatic carbocycles. The number of nitrogens with zero attached hydrogens (tertiary/aromatic N) is 2. The number of phenols is 1. The van der Waals surface area contributed by atoms with E-state index in [0.29, 0.717) is 23.3 Å². The van der Waals surface area contributed by atoms with Crippen LogP contribution in [0.3, 0.4) is 0 Å². The van der Waals surface area contributed by atoms with Gasteiger partial charge in [-0.15, -0.1) is 0 Å². The number of aryl methyl sites for hydroxylation is 3. The Morgan fingerprint density at radius 1 is 1.11 bits per heavy atom. The molecule has 242 valence electrons. The molecule has 2 aromatic carbocycles. The van der Waals surface area contributed by atoms with Crippen molar-refractivity contribution in [2.45, 2.75) is 100 Å². The van der Waals surface area contributed by atoms with Gasteiger partial charge in [0.2, 0.25) is 0 Å². The summed E-state index contributed by atoms with van der Waals surface area (Å²) in [6.07, 6.45) is 9.53. The van der Waals surface area contributed by atoms with Crippen molar-refractivity contribution in [1.29, 1.82) is 0 Å². The molecule has 45 heavy (non-hydrogen) atoms.